The largest absolute Gasteiger partial charge is 0.369 e. The number of guanidine groups is 1. The maximum absolute atomic E-state index is 13.8. The molecule has 2 N–H and O–H groups in total. The predicted octanol–water partition coefficient (Wildman–Crippen LogP) is 3.77. The monoisotopic (exact) mass is 347 g/mol. The summed E-state index contributed by atoms with van der Waals surface area (Å²) in [7, 11) is 0. The first kappa shape index (κ1) is 14.1. The van der Waals surface area contributed by atoms with Crippen molar-refractivity contribution in [2.24, 2.45) is 10.7 Å². The second kappa shape index (κ2) is 5.48. The van der Waals surface area contributed by atoms with Crippen molar-refractivity contribution in [2.75, 3.05) is 11.4 Å². The van der Waals surface area contributed by atoms with Crippen LogP contribution in [0.2, 0.25) is 0 Å². The summed E-state index contributed by atoms with van der Waals surface area (Å²) >= 11 is 3.46. The fourth-order valence-corrected chi connectivity index (χ4v) is 2.89. The van der Waals surface area contributed by atoms with Crippen LogP contribution in [0.5, 0.6) is 0 Å². The van der Waals surface area contributed by atoms with Crippen LogP contribution in [0, 0.1) is 12.7 Å². The average Bonchev–Trinajstić information content (AvgIpc) is 2.84. The lowest BCUT2D eigenvalue weighted by Gasteiger charge is -2.27. The maximum Gasteiger partial charge on any atom is 0.196 e. The Hall–Kier alpha value is -1.88. The van der Waals surface area contributed by atoms with Crippen molar-refractivity contribution in [1.29, 1.82) is 0 Å². The molecule has 1 aliphatic heterocycles. The third-order valence-electron chi connectivity index (χ3n) is 3.65. The Labute approximate surface area is 131 Å². The van der Waals surface area contributed by atoms with Gasteiger partial charge >= 0.3 is 0 Å². The van der Waals surface area contributed by atoms with Gasteiger partial charge in [-0.3, -0.25) is 4.99 Å². The van der Waals surface area contributed by atoms with E-state index in [0.29, 0.717) is 18.1 Å². The Balaban J connectivity index is 2.00. The van der Waals surface area contributed by atoms with Gasteiger partial charge in [0, 0.05) is 10.2 Å². The molecule has 1 heterocycles. The van der Waals surface area contributed by atoms with E-state index in [1.54, 1.807) is 19.1 Å². The summed E-state index contributed by atoms with van der Waals surface area (Å²) in [6, 6.07) is 13.1. The molecular formula is C16H15BrFN3. The van der Waals surface area contributed by atoms with Crippen molar-refractivity contribution in [3.63, 3.8) is 0 Å². The molecule has 21 heavy (non-hydrogen) atoms. The summed E-state index contributed by atoms with van der Waals surface area (Å²) in [5.74, 6) is 0.256. The molecule has 1 atom stereocenters. The highest BCUT2D eigenvalue weighted by molar-refractivity contribution is 9.10. The molecule has 0 bridgehead atoms. The summed E-state index contributed by atoms with van der Waals surface area (Å²) in [4.78, 5) is 6.26. The number of anilines is 1. The van der Waals surface area contributed by atoms with Crippen LogP contribution in [0.3, 0.4) is 0 Å². The summed E-state index contributed by atoms with van der Waals surface area (Å²) < 4.78 is 14.8. The number of hydrogen-bond donors (Lipinski definition) is 1. The molecule has 0 aliphatic carbocycles. The lowest BCUT2D eigenvalue weighted by Crippen LogP contribution is -2.36. The lowest BCUT2D eigenvalue weighted by molar-refractivity contribution is 0.612. The molecule has 0 fully saturated rings. The molecule has 0 saturated heterocycles. The lowest BCUT2D eigenvalue weighted by atomic mass is 10.0. The summed E-state index contributed by atoms with van der Waals surface area (Å²) in [6.45, 7) is 2.28. The number of aryl methyl sites for hydroxylation is 1. The minimum Gasteiger partial charge on any atom is -0.369 e. The van der Waals surface area contributed by atoms with Gasteiger partial charge in [-0.25, -0.2) is 4.39 Å². The Kier molecular flexibility index (Phi) is 3.68. The number of benzene rings is 2. The summed E-state index contributed by atoms with van der Waals surface area (Å²) in [5.41, 5.74) is 8.48. The van der Waals surface area contributed by atoms with E-state index < -0.39 is 0 Å². The third-order valence-corrected chi connectivity index (χ3v) is 4.15. The Morgan fingerprint density at radius 1 is 1.29 bits per heavy atom. The van der Waals surface area contributed by atoms with E-state index >= 15 is 0 Å². The highest BCUT2D eigenvalue weighted by atomic mass is 79.9. The average molecular weight is 348 g/mol. The van der Waals surface area contributed by atoms with Crippen LogP contribution in [0.15, 0.2) is 51.9 Å². The minimum atomic E-state index is -0.202. The van der Waals surface area contributed by atoms with Crippen molar-refractivity contribution in [3.05, 3.63) is 63.9 Å². The van der Waals surface area contributed by atoms with E-state index in [9.17, 15) is 4.39 Å². The molecule has 0 amide bonds. The topological polar surface area (TPSA) is 41.6 Å². The van der Waals surface area contributed by atoms with E-state index in [4.69, 9.17) is 5.73 Å². The van der Waals surface area contributed by atoms with E-state index in [1.165, 1.54) is 0 Å². The van der Waals surface area contributed by atoms with Gasteiger partial charge in [0.1, 0.15) is 5.82 Å². The van der Waals surface area contributed by atoms with Crippen LogP contribution in [0.25, 0.3) is 0 Å². The second-order valence-electron chi connectivity index (χ2n) is 5.07. The molecule has 0 radical (unpaired) electrons. The molecule has 0 spiro atoms. The zero-order chi connectivity index (χ0) is 15.0. The van der Waals surface area contributed by atoms with E-state index in [1.807, 2.05) is 35.2 Å². The van der Waals surface area contributed by atoms with Gasteiger partial charge in [0.25, 0.3) is 0 Å². The van der Waals surface area contributed by atoms with Crippen molar-refractivity contribution in [3.8, 4) is 0 Å². The zero-order valence-corrected chi connectivity index (χ0v) is 13.1. The molecule has 1 aliphatic rings. The summed E-state index contributed by atoms with van der Waals surface area (Å²) in [6.07, 6.45) is 0. The first-order valence-corrected chi connectivity index (χ1v) is 7.46. The number of nitrogens with two attached hydrogens (primary N) is 1. The van der Waals surface area contributed by atoms with E-state index in [-0.39, 0.29) is 11.9 Å². The van der Waals surface area contributed by atoms with Crippen LogP contribution in [-0.2, 0) is 0 Å². The van der Waals surface area contributed by atoms with Crippen LogP contribution < -0.4 is 10.6 Å². The smallest absolute Gasteiger partial charge is 0.196 e. The van der Waals surface area contributed by atoms with Gasteiger partial charge < -0.3 is 10.6 Å². The molecule has 0 saturated carbocycles. The Morgan fingerprint density at radius 2 is 2.10 bits per heavy atom. The Morgan fingerprint density at radius 3 is 2.81 bits per heavy atom. The molecule has 1 unspecified atom stereocenters. The normalized spacial score (nSPS) is 18.0. The van der Waals surface area contributed by atoms with Gasteiger partial charge in [-0.1, -0.05) is 34.1 Å². The maximum atomic E-state index is 13.8. The Bertz CT molecular complexity index is 714. The first-order chi connectivity index (χ1) is 10.1. The fraction of sp³-hybridized carbons (Fsp3) is 0.188. The highest BCUT2D eigenvalue weighted by Gasteiger charge is 2.29. The second-order valence-corrected chi connectivity index (χ2v) is 5.99. The zero-order valence-electron chi connectivity index (χ0n) is 11.6. The predicted molar refractivity (Wildman–Crippen MR) is 87.0 cm³/mol. The van der Waals surface area contributed by atoms with Crippen LogP contribution in [-0.4, -0.2) is 12.5 Å². The molecule has 3 nitrogen and oxygen atoms in total. The van der Waals surface area contributed by atoms with Crippen molar-refractivity contribution >= 4 is 27.6 Å². The number of rotatable bonds is 2. The number of aliphatic imine (C=N–C) groups is 1. The molecule has 3 rings (SSSR count). The SMILES string of the molecule is Cc1ccc(C2CN=C(N)N2c2cccc(Br)c2)cc1F. The van der Waals surface area contributed by atoms with Gasteiger partial charge in [0.15, 0.2) is 5.96 Å². The summed E-state index contributed by atoms with van der Waals surface area (Å²) in [5, 5.41) is 0. The van der Waals surface area contributed by atoms with Crippen LogP contribution in [0.1, 0.15) is 17.2 Å². The van der Waals surface area contributed by atoms with E-state index in [2.05, 4.69) is 20.9 Å². The van der Waals surface area contributed by atoms with Crippen molar-refractivity contribution < 1.29 is 4.39 Å². The highest BCUT2D eigenvalue weighted by Crippen LogP contribution is 2.32. The van der Waals surface area contributed by atoms with Gasteiger partial charge in [0.05, 0.1) is 12.6 Å². The molecule has 5 heteroatoms. The van der Waals surface area contributed by atoms with Gasteiger partial charge in [-0.2, -0.15) is 0 Å². The molecule has 0 aromatic heterocycles. The molecule has 2 aromatic rings. The third kappa shape index (κ3) is 2.65. The quantitative estimate of drug-likeness (QED) is 0.898. The van der Waals surface area contributed by atoms with Gasteiger partial charge in [-0.05, 0) is 42.3 Å². The molecule has 2 aromatic carbocycles. The molecular weight excluding hydrogens is 333 g/mol. The standard InChI is InChI=1S/C16H15BrFN3/c1-10-5-6-11(7-14(10)18)15-9-20-16(19)21(15)13-4-2-3-12(17)8-13/h2-8,15H,9H2,1H3,(H2,19,20). The van der Waals surface area contributed by atoms with E-state index in [0.717, 1.165) is 15.7 Å². The van der Waals surface area contributed by atoms with Gasteiger partial charge in [0.2, 0.25) is 0 Å². The molecule has 108 valence electrons. The van der Waals surface area contributed by atoms with Crippen LogP contribution >= 0.6 is 15.9 Å². The van der Waals surface area contributed by atoms with Crippen LogP contribution in [0.4, 0.5) is 10.1 Å². The number of hydrogen-bond acceptors (Lipinski definition) is 3. The van der Waals surface area contributed by atoms with Crippen molar-refractivity contribution in [2.45, 2.75) is 13.0 Å². The first-order valence-electron chi connectivity index (χ1n) is 6.67. The number of halogens is 2. The number of nitrogens with zero attached hydrogens (tertiary/aromatic N) is 2. The van der Waals surface area contributed by atoms with Crippen molar-refractivity contribution in [1.82, 2.24) is 0 Å². The minimum absolute atomic E-state index is 0.0746. The van der Waals surface area contributed by atoms with Gasteiger partial charge in [-0.15, -0.1) is 0 Å². The fourth-order valence-electron chi connectivity index (χ4n) is 2.51.